The van der Waals surface area contributed by atoms with Crippen LogP contribution < -0.4 is 0 Å². The van der Waals surface area contributed by atoms with Gasteiger partial charge in [0.05, 0.1) is 5.69 Å². The average Bonchev–Trinajstić information content (AvgIpc) is 2.79. The summed E-state index contributed by atoms with van der Waals surface area (Å²) < 4.78 is 6.80. The second-order valence-corrected chi connectivity index (χ2v) is 6.17. The molecule has 4 heteroatoms. The van der Waals surface area contributed by atoms with Gasteiger partial charge >= 0.3 is 0 Å². The van der Waals surface area contributed by atoms with E-state index in [0.29, 0.717) is 6.61 Å². The SMILES string of the molecule is CCOC(C)(C)c1nc(-c2ccccc2Br)cs1. The van der Waals surface area contributed by atoms with Crippen molar-refractivity contribution in [1.29, 1.82) is 0 Å². The predicted molar refractivity (Wildman–Crippen MR) is 79.9 cm³/mol. The Bertz CT molecular complexity index is 536. The molecule has 0 unspecified atom stereocenters. The van der Waals surface area contributed by atoms with Crippen LogP contribution in [0.5, 0.6) is 0 Å². The van der Waals surface area contributed by atoms with Gasteiger partial charge in [-0.2, -0.15) is 0 Å². The van der Waals surface area contributed by atoms with Gasteiger partial charge in [0.15, 0.2) is 0 Å². The molecule has 96 valence electrons. The molecule has 18 heavy (non-hydrogen) atoms. The van der Waals surface area contributed by atoms with Crippen LogP contribution in [0.2, 0.25) is 0 Å². The van der Waals surface area contributed by atoms with Gasteiger partial charge in [-0.3, -0.25) is 0 Å². The van der Waals surface area contributed by atoms with Crippen LogP contribution in [0, 0.1) is 0 Å². The summed E-state index contributed by atoms with van der Waals surface area (Å²) in [5, 5.41) is 3.09. The van der Waals surface area contributed by atoms with Crippen molar-refractivity contribution in [1.82, 2.24) is 4.98 Å². The number of ether oxygens (including phenoxy) is 1. The molecule has 0 aliphatic carbocycles. The van der Waals surface area contributed by atoms with Gasteiger partial charge in [0.1, 0.15) is 10.6 Å². The van der Waals surface area contributed by atoms with Crippen molar-refractivity contribution >= 4 is 27.3 Å². The first-order valence-electron chi connectivity index (χ1n) is 5.89. The van der Waals surface area contributed by atoms with E-state index in [1.807, 2.05) is 25.1 Å². The Kier molecular flexibility index (Phi) is 4.20. The smallest absolute Gasteiger partial charge is 0.125 e. The monoisotopic (exact) mass is 325 g/mol. The molecule has 0 N–H and O–H groups in total. The zero-order valence-electron chi connectivity index (χ0n) is 10.7. The third-order valence-corrected chi connectivity index (χ3v) is 4.51. The maximum absolute atomic E-state index is 5.73. The molecule has 1 aromatic heterocycles. The molecule has 2 nitrogen and oxygen atoms in total. The van der Waals surface area contributed by atoms with E-state index in [2.05, 4.69) is 41.2 Å². The largest absolute Gasteiger partial charge is 0.369 e. The molecule has 0 saturated carbocycles. The molecule has 0 aliphatic rings. The van der Waals surface area contributed by atoms with Crippen LogP contribution >= 0.6 is 27.3 Å². The standard InChI is InChI=1S/C14H16BrNOS/c1-4-17-14(2,3)13-16-12(9-18-13)10-7-5-6-8-11(10)15/h5-9H,4H2,1-3H3. The number of benzene rings is 1. The van der Waals surface area contributed by atoms with E-state index >= 15 is 0 Å². The second-order valence-electron chi connectivity index (χ2n) is 4.46. The number of nitrogens with zero attached hydrogens (tertiary/aromatic N) is 1. The van der Waals surface area contributed by atoms with Crippen molar-refractivity contribution in [3.8, 4) is 11.3 Å². The van der Waals surface area contributed by atoms with Gasteiger partial charge in [-0.1, -0.05) is 34.1 Å². The van der Waals surface area contributed by atoms with E-state index in [-0.39, 0.29) is 5.60 Å². The van der Waals surface area contributed by atoms with E-state index in [4.69, 9.17) is 9.72 Å². The maximum Gasteiger partial charge on any atom is 0.125 e. The first kappa shape index (κ1) is 13.7. The Hall–Kier alpha value is -0.710. The number of hydrogen-bond donors (Lipinski definition) is 0. The van der Waals surface area contributed by atoms with E-state index in [9.17, 15) is 0 Å². The molecule has 1 aromatic carbocycles. The van der Waals surface area contributed by atoms with Gasteiger partial charge < -0.3 is 4.74 Å². The minimum absolute atomic E-state index is 0.321. The summed E-state index contributed by atoms with van der Waals surface area (Å²) in [6.07, 6.45) is 0. The molecule has 2 aromatic rings. The van der Waals surface area contributed by atoms with E-state index in [1.54, 1.807) is 11.3 Å². The first-order valence-corrected chi connectivity index (χ1v) is 7.56. The Morgan fingerprint density at radius 3 is 2.72 bits per heavy atom. The third-order valence-electron chi connectivity index (χ3n) is 2.67. The minimum atomic E-state index is -0.321. The lowest BCUT2D eigenvalue weighted by Crippen LogP contribution is -2.21. The summed E-state index contributed by atoms with van der Waals surface area (Å²) in [6.45, 7) is 6.80. The fraction of sp³-hybridized carbons (Fsp3) is 0.357. The van der Waals surface area contributed by atoms with Crippen LogP contribution in [0.25, 0.3) is 11.3 Å². The van der Waals surface area contributed by atoms with Crippen LogP contribution in [0.15, 0.2) is 34.1 Å². The van der Waals surface area contributed by atoms with Gasteiger partial charge in [0.25, 0.3) is 0 Å². The Labute approximate surface area is 120 Å². The van der Waals surface area contributed by atoms with Crippen molar-refractivity contribution < 1.29 is 4.74 Å². The molecule has 1 heterocycles. The summed E-state index contributed by atoms with van der Waals surface area (Å²) in [5.41, 5.74) is 1.79. The van der Waals surface area contributed by atoms with Crippen LogP contribution in [0.1, 0.15) is 25.8 Å². The van der Waals surface area contributed by atoms with Gasteiger partial charge in [-0.25, -0.2) is 4.98 Å². The van der Waals surface area contributed by atoms with Gasteiger partial charge in [0, 0.05) is 22.0 Å². The summed E-state index contributed by atoms with van der Waals surface area (Å²) in [6, 6.07) is 8.12. The molecule has 0 fully saturated rings. The highest BCUT2D eigenvalue weighted by Crippen LogP contribution is 2.33. The van der Waals surface area contributed by atoms with E-state index < -0.39 is 0 Å². The molecule has 0 atom stereocenters. The molecular formula is C14H16BrNOS. The molecule has 0 saturated heterocycles. The topological polar surface area (TPSA) is 22.1 Å². The van der Waals surface area contributed by atoms with Crippen LogP contribution in [0.4, 0.5) is 0 Å². The maximum atomic E-state index is 5.73. The summed E-state index contributed by atoms with van der Waals surface area (Å²) in [5.74, 6) is 0. The quantitative estimate of drug-likeness (QED) is 0.802. The van der Waals surface area contributed by atoms with Crippen molar-refractivity contribution in [3.63, 3.8) is 0 Å². The fourth-order valence-electron chi connectivity index (χ4n) is 1.77. The lowest BCUT2D eigenvalue weighted by Gasteiger charge is -2.21. The Balaban J connectivity index is 2.34. The van der Waals surface area contributed by atoms with Crippen molar-refractivity contribution in [3.05, 3.63) is 39.1 Å². The van der Waals surface area contributed by atoms with Gasteiger partial charge in [-0.05, 0) is 26.8 Å². The average molecular weight is 326 g/mol. The predicted octanol–water partition coefficient (Wildman–Crippen LogP) is 4.84. The summed E-state index contributed by atoms with van der Waals surface area (Å²) >= 11 is 5.20. The number of rotatable bonds is 4. The highest BCUT2D eigenvalue weighted by atomic mass is 79.9. The Morgan fingerprint density at radius 2 is 2.06 bits per heavy atom. The van der Waals surface area contributed by atoms with Crippen molar-refractivity contribution in [2.75, 3.05) is 6.61 Å². The highest BCUT2D eigenvalue weighted by molar-refractivity contribution is 9.10. The molecular weight excluding hydrogens is 310 g/mol. The summed E-state index contributed by atoms with van der Waals surface area (Å²) in [7, 11) is 0. The lowest BCUT2D eigenvalue weighted by molar-refractivity contribution is -0.0141. The normalized spacial score (nSPS) is 11.8. The van der Waals surface area contributed by atoms with Crippen LogP contribution in [-0.2, 0) is 10.3 Å². The van der Waals surface area contributed by atoms with E-state index in [0.717, 1.165) is 20.7 Å². The number of halogens is 1. The zero-order valence-corrected chi connectivity index (χ0v) is 13.1. The Morgan fingerprint density at radius 1 is 1.33 bits per heavy atom. The first-order chi connectivity index (χ1) is 8.54. The molecule has 0 amide bonds. The second kappa shape index (κ2) is 5.51. The highest BCUT2D eigenvalue weighted by Gasteiger charge is 2.24. The zero-order chi connectivity index (χ0) is 13.2. The molecule has 0 radical (unpaired) electrons. The number of hydrogen-bond acceptors (Lipinski definition) is 3. The summed E-state index contributed by atoms with van der Waals surface area (Å²) in [4.78, 5) is 4.70. The van der Waals surface area contributed by atoms with Crippen LogP contribution in [-0.4, -0.2) is 11.6 Å². The molecule has 0 bridgehead atoms. The molecule has 0 aliphatic heterocycles. The van der Waals surface area contributed by atoms with Crippen molar-refractivity contribution in [2.45, 2.75) is 26.4 Å². The van der Waals surface area contributed by atoms with Gasteiger partial charge in [-0.15, -0.1) is 11.3 Å². The molecule has 2 rings (SSSR count). The third kappa shape index (κ3) is 2.82. The number of aromatic nitrogens is 1. The van der Waals surface area contributed by atoms with Crippen LogP contribution in [0.3, 0.4) is 0 Å². The minimum Gasteiger partial charge on any atom is -0.369 e. The van der Waals surface area contributed by atoms with E-state index in [1.165, 1.54) is 0 Å². The number of thiazole rings is 1. The lowest BCUT2D eigenvalue weighted by atomic mass is 10.1. The fourth-order valence-corrected chi connectivity index (χ4v) is 3.15. The van der Waals surface area contributed by atoms with Gasteiger partial charge in [0.2, 0.25) is 0 Å². The van der Waals surface area contributed by atoms with Crippen molar-refractivity contribution in [2.24, 2.45) is 0 Å². The molecule has 0 spiro atoms.